The van der Waals surface area contributed by atoms with Gasteiger partial charge in [0.15, 0.2) is 5.82 Å². The molecule has 0 fully saturated rings. The lowest BCUT2D eigenvalue weighted by Gasteiger charge is -2.21. The molecule has 2 aromatic heterocycles. The SMILES string of the molecule is c1ccc(NCCNc2nc(-c3ccncc3)nc3c2CCNC3)cc1. The Hall–Kier alpha value is -2.99. The van der Waals surface area contributed by atoms with Crippen LogP contribution in [0, 0.1) is 0 Å². The van der Waals surface area contributed by atoms with Gasteiger partial charge in [0.1, 0.15) is 5.82 Å². The Bertz CT molecular complexity index is 851. The van der Waals surface area contributed by atoms with Crippen LogP contribution in [0.5, 0.6) is 0 Å². The van der Waals surface area contributed by atoms with Crippen molar-refractivity contribution in [3.63, 3.8) is 0 Å². The zero-order valence-electron chi connectivity index (χ0n) is 14.6. The van der Waals surface area contributed by atoms with Crippen LogP contribution in [-0.4, -0.2) is 34.6 Å². The minimum atomic E-state index is 0.744. The summed E-state index contributed by atoms with van der Waals surface area (Å²) in [5, 5.41) is 10.3. The van der Waals surface area contributed by atoms with Crippen molar-refractivity contribution in [2.24, 2.45) is 0 Å². The number of rotatable bonds is 6. The summed E-state index contributed by atoms with van der Waals surface area (Å²) < 4.78 is 0. The lowest BCUT2D eigenvalue weighted by atomic mass is 10.1. The molecule has 6 nitrogen and oxygen atoms in total. The first-order valence-corrected chi connectivity index (χ1v) is 8.94. The number of hydrogen-bond donors (Lipinski definition) is 3. The van der Waals surface area contributed by atoms with Crippen molar-refractivity contribution in [2.75, 3.05) is 30.3 Å². The molecule has 1 aliphatic rings. The Labute approximate surface area is 153 Å². The van der Waals surface area contributed by atoms with E-state index in [9.17, 15) is 0 Å². The highest BCUT2D eigenvalue weighted by Gasteiger charge is 2.18. The Kier molecular flexibility index (Phi) is 5.02. The molecule has 0 saturated heterocycles. The molecule has 0 bridgehead atoms. The topological polar surface area (TPSA) is 74.8 Å². The van der Waals surface area contributed by atoms with E-state index in [1.165, 1.54) is 5.56 Å². The van der Waals surface area contributed by atoms with Gasteiger partial charge in [-0.1, -0.05) is 18.2 Å². The summed E-state index contributed by atoms with van der Waals surface area (Å²) in [6.45, 7) is 3.36. The van der Waals surface area contributed by atoms with Gasteiger partial charge in [-0.3, -0.25) is 4.98 Å². The van der Waals surface area contributed by atoms with Crippen LogP contribution in [0.15, 0.2) is 54.9 Å². The fraction of sp³-hybridized carbons (Fsp3) is 0.250. The molecule has 132 valence electrons. The molecule has 3 aromatic rings. The van der Waals surface area contributed by atoms with Crippen molar-refractivity contribution in [3.8, 4) is 11.4 Å². The molecule has 3 heterocycles. The van der Waals surface area contributed by atoms with E-state index in [1.54, 1.807) is 12.4 Å². The fourth-order valence-electron chi connectivity index (χ4n) is 3.08. The highest BCUT2D eigenvalue weighted by Crippen LogP contribution is 2.24. The molecular weight excluding hydrogens is 324 g/mol. The Morgan fingerprint density at radius 3 is 2.58 bits per heavy atom. The lowest BCUT2D eigenvalue weighted by Crippen LogP contribution is -2.27. The van der Waals surface area contributed by atoms with E-state index in [4.69, 9.17) is 9.97 Å². The quantitative estimate of drug-likeness (QED) is 0.596. The van der Waals surface area contributed by atoms with Crippen molar-refractivity contribution < 1.29 is 0 Å². The van der Waals surface area contributed by atoms with Gasteiger partial charge >= 0.3 is 0 Å². The average Bonchev–Trinajstić information content (AvgIpc) is 2.72. The summed E-state index contributed by atoms with van der Waals surface area (Å²) in [6, 6.07) is 14.1. The number of anilines is 2. The van der Waals surface area contributed by atoms with E-state index in [0.717, 1.165) is 61.2 Å². The number of hydrogen-bond acceptors (Lipinski definition) is 6. The summed E-state index contributed by atoms with van der Waals surface area (Å²) in [4.78, 5) is 13.6. The first kappa shape index (κ1) is 16.5. The average molecular weight is 346 g/mol. The first-order chi connectivity index (χ1) is 12.9. The molecule has 0 radical (unpaired) electrons. The van der Waals surface area contributed by atoms with E-state index < -0.39 is 0 Å². The van der Waals surface area contributed by atoms with Gasteiger partial charge in [0, 0.05) is 48.8 Å². The third-order valence-corrected chi connectivity index (χ3v) is 4.40. The van der Waals surface area contributed by atoms with Crippen LogP contribution in [0.3, 0.4) is 0 Å². The van der Waals surface area contributed by atoms with E-state index in [2.05, 4.69) is 33.1 Å². The van der Waals surface area contributed by atoms with Gasteiger partial charge in [-0.15, -0.1) is 0 Å². The van der Waals surface area contributed by atoms with E-state index >= 15 is 0 Å². The van der Waals surface area contributed by atoms with Gasteiger partial charge in [0.2, 0.25) is 0 Å². The zero-order valence-corrected chi connectivity index (χ0v) is 14.6. The second-order valence-corrected chi connectivity index (χ2v) is 6.20. The van der Waals surface area contributed by atoms with Crippen molar-refractivity contribution >= 4 is 11.5 Å². The van der Waals surface area contributed by atoms with Crippen LogP contribution < -0.4 is 16.0 Å². The Balaban J connectivity index is 1.50. The molecule has 0 spiro atoms. The third-order valence-electron chi connectivity index (χ3n) is 4.40. The molecule has 0 aliphatic carbocycles. The van der Waals surface area contributed by atoms with Crippen LogP contribution in [0.2, 0.25) is 0 Å². The summed E-state index contributed by atoms with van der Waals surface area (Å²) in [7, 11) is 0. The number of para-hydroxylation sites is 1. The van der Waals surface area contributed by atoms with Crippen LogP contribution in [0.1, 0.15) is 11.3 Å². The molecule has 4 rings (SSSR count). The van der Waals surface area contributed by atoms with Crippen LogP contribution in [0.4, 0.5) is 11.5 Å². The summed E-state index contributed by atoms with van der Waals surface area (Å²) in [6.07, 6.45) is 4.49. The van der Waals surface area contributed by atoms with E-state index in [1.807, 2.05) is 30.3 Å². The summed E-state index contributed by atoms with van der Waals surface area (Å²) in [5.41, 5.74) is 4.41. The maximum Gasteiger partial charge on any atom is 0.161 e. The maximum atomic E-state index is 4.80. The molecule has 0 atom stereocenters. The van der Waals surface area contributed by atoms with Crippen molar-refractivity contribution in [2.45, 2.75) is 13.0 Å². The first-order valence-electron chi connectivity index (χ1n) is 8.94. The molecule has 0 saturated carbocycles. The lowest BCUT2D eigenvalue weighted by molar-refractivity contribution is 0.625. The molecular formula is C20H22N6. The fourth-order valence-corrected chi connectivity index (χ4v) is 3.08. The van der Waals surface area contributed by atoms with Crippen molar-refractivity contribution in [3.05, 3.63) is 66.1 Å². The molecule has 3 N–H and O–H groups in total. The normalized spacial score (nSPS) is 13.1. The minimum Gasteiger partial charge on any atom is -0.383 e. The second kappa shape index (κ2) is 7.93. The highest BCUT2D eigenvalue weighted by molar-refractivity contribution is 5.60. The largest absolute Gasteiger partial charge is 0.383 e. The number of nitrogens with one attached hydrogen (secondary N) is 3. The standard InChI is InChI=1S/C20H22N6/c1-2-4-16(5-3-1)23-12-13-24-20-17-8-11-22-14-18(17)25-19(26-20)15-6-9-21-10-7-15/h1-7,9-10,22-23H,8,11-14H2,(H,24,25,26). The number of aromatic nitrogens is 3. The van der Waals surface area contributed by atoms with Crippen molar-refractivity contribution in [1.82, 2.24) is 20.3 Å². The van der Waals surface area contributed by atoms with Gasteiger partial charge in [-0.2, -0.15) is 0 Å². The second-order valence-electron chi connectivity index (χ2n) is 6.20. The van der Waals surface area contributed by atoms with Crippen LogP contribution in [0.25, 0.3) is 11.4 Å². The Morgan fingerprint density at radius 1 is 0.923 bits per heavy atom. The predicted molar refractivity (Wildman–Crippen MR) is 104 cm³/mol. The zero-order chi connectivity index (χ0) is 17.6. The molecule has 0 unspecified atom stereocenters. The van der Waals surface area contributed by atoms with Gasteiger partial charge in [0.05, 0.1) is 5.69 Å². The summed E-state index contributed by atoms with van der Waals surface area (Å²) in [5.74, 6) is 1.69. The van der Waals surface area contributed by atoms with Gasteiger partial charge in [-0.25, -0.2) is 9.97 Å². The van der Waals surface area contributed by atoms with Gasteiger partial charge in [0.25, 0.3) is 0 Å². The predicted octanol–water partition coefficient (Wildman–Crippen LogP) is 2.71. The molecule has 6 heteroatoms. The molecule has 1 aliphatic heterocycles. The number of fused-ring (bicyclic) bond motifs is 1. The highest BCUT2D eigenvalue weighted by atomic mass is 15.1. The summed E-state index contributed by atoms with van der Waals surface area (Å²) >= 11 is 0. The number of pyridine rings is 1. The smallest absolute Gasteiger partial charge is 0.161 e. The Morgan fingerprint density at radius 2 is 1.73 bits per heavy atom. The van der Waals surface area contributed by atoms with Gasteiger partial charge in [-0.05, 0) is 37.2 Å². The number of nitrogens with zero attached hydrogens (tertiary/aromatic N) is 3. The number of benzene rings is 1. The van der Waals surface area contributed by atoms with Crippen molar-refractivity contribution in [1.29, 1.82) is 0 Å². The molecule has 26 heavy (non-hydrogen) atoms. The van der Waals surface area contributed by atoms with Crippen LogP contribution in [-0.2, 0) is 13.0 Å². The maximum absolute atomic E-state index is 4.80. The van der Waals surface area contributed by atoms with E-state index in [-0.39, 0.29) is 0 Å². The monoisotopic (exact) mass is 346 g/mol. The molecule has 1 aromatic carbocycles. The van der Waals surface area contributed by atoms with Crippen LogP contribution >= 0.6 is 0 Å². The van der Waals surface area contributed by atoms with Gasteiger partial charge < -0.3 is 16.0 Å². The van der Waals surface area contributed by atoms with E-state index in [0.29, 0.717) is 0 Å². The molecule has 0 amide bonds. The minimum absolute atomic E-state index is 0.744. The third kappa shape index (κ3) is 3.81.